The Kier molecular flexibility index (Phi) is 5.77. The molecule has 1 aromatic carbocycles. The van der Waals surface area contributed by atoms with E-state index in [0.717, 1.165) is 0 Å². The summed E-state index contributed by atoms with van der Waals surface area (Å²) in [6, 6.07) is 4.17. The highest BCUT2D eigenvalue weighted by atomic mass is 16.5. The first-order valence-electron chi connectivity index (χ1n) is 5.54. The van der Waals surface area contributed by atoms with Crippen molar-refractivity contribution in [1.82, 2.24) is 0 Å². The van der Waals surface area contributed by atoms with Crippen molar-refractivity contribution < 1.29 is 24.2 Å². The number of benzene rings is 1. The van der Waals surface area contributed by atoms with Gasteiger partial charge in [0.05, 0.1) is 24.5 Å². The summed E-state index contributed by atoms with van der Waals surface area (Å²) in [6.45, 7) is 0.482. The lowest BCUT2D eigenvalue weighted by atomic mass is 10.1. The van der Waals surface area contributed by atoms with Crippen LogP contribution >= 0.6 is 0 Å². The number of methoxy groups -OCH3 is 1. The van der Waals surface area contributed by atoms with Gasteiger partial charge < -0.3 is 25.6 Å². The van der Waals surface area contributed by atoms with E-state index in [0.29, 0.717) is 12.3 Å². The maximum absolute atomic E-state index is 11.6. The lowest BCUT2D eigenvalue weighted by molar-refractivity contribution is -0.121. The van der Waals surface area contributed by atoms with Crippen LogP contribution < -0.4 is 11.1 Å². The third-order valence-electron chi connectivity index (χ3n) is 2.21. The van der Waals surface area contributed by atoms with Gasteiger partial charge in [-0.25, -0.2) is 4.79 Å². The Balaban J connectivity index is 2.62. The number of nitrogens with one attached hydrogen (secondary N) is 1. The van der Waals surface area contributed by atoms with Crippen LogP contribution in [0.15, 0.2) is 18.2 Å². The minimum absolute atomic E-state index is 0.0283. The van der Waals surface area contributed by atoms with Crippen LogP contribution in [-0.2, 0) is 14.3 Å². The Hall–Kier alpha value is -2.12. The molecule has 0 spiro atoms. The molecule has 0 aliphatic heterocycles. The maximum atomic E-state index is 11.6. The summed E-state index contributed by atoms with van der Waals surface area (Å²) >= 11 is 0. The number of aromatic carboxylic acids is 1. The minimum atomic E-state index is -1.14. The highest BCUT2D eigenvalue weighted by molar-refractivity contribution is 6.01. The van der Waals surface area contributed by atoms with Crippen molar-refractivity contribution in [3.63, 3.8) is 0 Å². The van der Waals surface area contributed by atoms with Crippen LogP contribution in [0.3, 0.4) is 0 Å². The third kappa shape index (κ3) is 4.94. The second-order valence-electron chi connectivity index (χ2n) is 3.70. The molecule has 0 saturated heterocycles. The van der Waals surface area contributed by atoms with Crippen molar-refractivity contribution in [1.29, 1.82) is 0 Å². The zero-order valence-corrected chi connectivity index (χ0v) is 10.5. The number of nitrogens with two attached hydrogens (primary N) is 1. The Morgan fingerprint density at radius 1 is 1.37 bits per heavy atom. The van der Waals surface area contributed by atoms with E-state index < -0.39 is 11.9 Å². The van der Waals surface area contributed by atoms with Gasteiger partial charge in [0.25, 0.3) is 0 Å². The number of carbonyl (C=O) groups excluding carboxylic acids is 1. The van der Waals surface area contributed by atoms with Gasteiger partial charge in [0, 0.05) is 12.8 Å². The molecule has 1 rings (SSSR count). The zero-order chi connectivity index (χ0) is 14.3. The summed E-state index contributed by atoms with van der Waals surface area (Å²) in [7, 11) is 1.52. The number of carboxylic acids is 1. The third-order valence-corrected chi connectivity index (χ3v) is 2.21. The SMILES string of the molecule is COCCOCC(=O)Nc1cc(N)ccc1C(=O)O. The van der Waals surface area contributed by atoms with Crippen LogP contribution in [0.2, 0.25) is 0 Å². The summed E-state index contributed by atoms with van der Waals surface area (Å²) < 4.78 is 9.78. The number of hydrogen-bond acceptors (Lipinski definition) is 5. The Morgan fingerprint density at radius 2 is 2.11 bits per heavy atom. The molecule has 104 valence electrons. The lowest BCUT2D eigenvalue weighted by Gasteiger charge is -2.09. The fourth-order valence-corrected chi connectivity index (χ4v) is 1.35. The standard InChI is InChI=1S/C12H16N2O5/c1-18-4-5-19-7-11(15)14-10-6-8(13)2-3-9(10)12(16)17/h2-3,6H,4-5,7,13H2,1H3,(H,14,15)(H,16,17). The number of anilines is 2. The molecule has 0 unspecified atom stereocenters. The molecule has 0 radical (unpaired) electrons. The second kappa shape index (κ2) is 7.34. The predicted octanol–water partition coefficient (Wildman–Crippen LogP) is 0.568. The Labute approximate surface area is 110 Å². The zero-order valence-electron chi connectivity index (χ0n) is 10.5. The number of amides is 1. The van der Waals surface area contributed by atoms with Crippen LogP contribution in [0.1, 0.15) is 10.4 Å². The first kappa shape index (κ1) is 14.9. The van der Waals surface area contributed by atoms with Gasteiger partial charge in [0.2, 0.25) is 5.91 Å². The molecule has 0 aromatic heterocycles. The molecular weight excluding hydrogens is 252 g/mol. The average Bonchev–Trinajstić information content (AvgIpc) is 2.34. The van der Waals surface area contributed by atoms with Crippen molar-refractivity contribution in [2.45, 2.75) is 0 Å². The Bertz CT molecular complexity index is 461. The van der Waals surface area contributed by atoms with Crippen LogP contribution in [-0.4, -0.2) is 43.9 Å². The van der Waals surface area contributed by atoms with Crippen molar-refractivity contribution in [2.75, 3.05) is 38.0 Å². The fraction of sp³-hybridized carbons (Fsp3) is 0.333. The van der Waals surface area contributed by atoms with E-state index in [4.69, 9.17) is 20.3 Å². The van der Waals surface area contributed by atoms with E-state index in [1.807, 2.05) is 0 Å². The van der Waals surface area contributed by atoms with Gasteiger partial charge >= 0.3 is 5.97 Å². The van der Waals surface area contributed by atoms with Gasteiger partial charge in [-0.15, -0.1) is 0 Å². The van der Waals surface area contributed by atoms with E-state index in [2.05, 4.69) is 5.32 Å². The van der Waals surface area contributed by atoms with Gasteiger partial charge in [0.1, 0.15) is 6.61 Å². The monoisotopic (exact) mass is 268 g/mol. The molecule has 0 fully saturated rings. The smallest absolute Gasteiger partial charge is 0.337 e. The average molecular weight is 268 g/mol. The molecular formula is C12H16N2O5. The highest BCUT2D eigenvalue weighted by Gasteiger charge is 2.12. The predicted molar refractivity (Wildman–Crippen MR) is 69.1 cm³/mol. The first-order chi connectivity index (χ1) is 9.04. The molecule has 0 bridgehead atoms. The van der Waals surface area contributed by atoms with Crippen LogP contribution in [0.25, 0.3) is 0 Å². The number of hydrogen-bond donors (Lipinski definition) is 3. The summed E-state index contributed by atoms with van der Waals surface area (Å²) in [5.41, 5.74) is 6.03. The molecule has 7 heteroatoms. The van der Waals surface area contributed by atoms with E-state index in [1.54, 1.807) is 0 Å². The largest absolute Gasteiger partial charge is 0.478 e. The number of rotatable bonds is 7. The number of carbonyl (C=O) groups is 2. The van der Waals surface area contributed by atoms with Gasteiger partial charge in [0.15, 0.2) is 0 Å². The Morgan fingerprint density at radius 3 is 2.74 bits per heavy atom. The van der Waals surface area contributed by atoms with Crippen molar-refractivity contribution >= 4 is 23.3 Å². The maximum Gasteiger partial charge on any atom is 0.337 e. The van der Waals surface area contributed by atoms with E-state index >= 15 is 0 Å². The van der Waals surface area contributed by atoms with Crippen LogP contribution in [0, 0.1) is 0 Å². The quantitative estimate of drug-likeness (QED) is 0.492. The van der Waals surface area contributed by atoms with Crippen molar-refractivity contribution in [3.05, 3.63) is 23.8 Å². The summed E-state index contributed by atoms with van der Waals surface area (Å²) in [5, 5.41) is 11.4. The molecule has 0 aliphatic rings. The molecule has 4 N–H and O–H groups in total. The number of nitrogen functional groups attached to an aromatic ring is 1. The second-order valence-corrected chi connectivity index (χ2v) is 3.70. The van der Waals surface area contributed by atoms with Gasteiger partial charge in [-0.2, -0.15) is 0 Å². The molecule has 0 atom stereocenters. The highest BCUT2D eigenvalue weighted by Crippen LogP contribution is 2.19. The normalized spacial score (nSPS) is 10.2. The van der Waals surface area contributed by atoms with E-state index in [9.17, 15) is 9.59 Å². The number of carboxylic acid groups (broad SMARTS) is 1. The summed E-state index contributed by atoms with van der Waals surface area (Å²) in [4.78, 5) is 22.5. The van der Waals surface area contributed by atoms with Gasteiger partial charge in [-0.3, -0.25) is 4.79 Å². The molecule has 7 nitrogen and oxygen atoms in total. The fourth-order valence-electron chi connectivity index (χ4n) is 1.35. The number of ether oxygens (including phenoxy) is 2. The topological polar surface area (TPSA) is 111 Å². The molecule has 0 heterocycles. The minimum Gasteiger partial charge on any atom is -0.478 e. The van der Waals surface area contributed by atoms with Gasteiger partial charge in [-0.1, -0.05) is 0 Å². The van der Waals surface area contributed by atoms with Crippen LogP contribution in [0.4, 0.5) is 11.4 Å². The van der Waals surface area contributed by atoms with E-state index in [1.165, 1.54) is 25.3 Å². The van der Waals surface area contributed by atoms with Crippen molar-refractivity contribution in [3.8, 4) is 0 Å². The van der Waals surface area contributed by atoms with E-state index in [-0.39, 0.29) is 24.5 Å². The summed E-state index contributed by atoms with van der Waals surface area (Å²) in [6.07, 6.45) is 0. The molecule has 1 aromatic rings. The lowest BCUT2D eigenvalue weighted by Crippen LogP contribution is -2.21. The first-order valence-corrected chi connectivity index (χ1v) is 5.54. The molecule has 0 saturated carbocycles. The molecule has 1 amide bonds. The molecule has 0 aliphatic carbocycles. The van der Waals surface area contributed by atoms with Crippen molar-refractivity contribution in [2.24, 2.45) is 0 Å². The van der Waals surface area contributed by atoms with Crippen LogP contribution in [0.5, 0.6) is 0 Å². The molecule has 19 heavy (non-hydrogen) atoms. The van der Waals surface area contributed by atoms with Gasteiger partial charge in [-0.05, 0) is 18.2 Å². The summed E-state index contributed by atoms with van der Waals surface area (Å²) in [5.74, 6) is -1.60.